The van der Waals surface area contributed by atoms with Crippen molar-refractivity contribution in [3.8, 4) is 11.5 Å². The molecule has 0 fully saturated rings. The molecule has 0 saturated heterocycles. The van der Waals surface area contributed by atoms with Gasteiger partial charge in [0, 0.05) is 35.9 Å². The van der Waals surface area contributed by atoms with E-state index in [9.17, 15) is 72.9 Å². The number of benzene rings is 2. The number of aromatic hydroxyl groups is 1. The molecular weight excluding hydrogens is 1150 g/mol. The number of fused-ring (bicyclic) bond motifs is 5. The average Bonchev–Trinajstić information content (AvgIpc) is 3.64. The number of hydrogen-bond donors (Lipinski definition) is 14. The third-order valence-corrected chi connectivity index (χ3v) is 15.0. The normalized spacial score (nSPS) is 24.5. The molecule has 0 saturated carbocycles. The van der Waals surface area contributed by atoms with Gasteiger partial charge in [-0.2, -0.15) is 23.5 Å². The Morgan fingerprint density at radius 2 is 1.28 bits per heavy atom. The van der Waals surface area contributed by atoms with E-state index in [1.807, 2.05) is 6.07 Å². The molecule has 2 aromatic carbocycles. The summed E-state index contributed by atoms with van der Waals surface area (Å²) in [7, 11) is 0. The number of nitrogens with zero attached hydrogens (tertiary/aromatic N) is 1. The molecule has 466 valence electrons. The Morgan fingerprint density at radius 3 is 1.92 bits per heavy atom. The summed E-state index contributed by atoms with van der Waals surface area (Å²) in [5, 5.41) is 55.7. The third kappa shape index (κ3) is 25.7. The molecule has 8 atom stereocenters. The van der Waals surface area contributed by atoms with Crippen LogP contribution in [0.25, 0.3) is 0 Å². The molecule has 2 aromatic rings. The van der Waals surface area contributed by atoms with Gasteiger partial charge in [0.2, 0.25) is 59.1 Å². The van der Waals surface area contributed by atoms with Crippen LogP contribution in [0.15, 0.2) is 47.6 Å². The van der Waals surface area contributed by atoms with Gasteiger partial charge in [-0.05, 0) is 92.3 Å². The zero-order chi connectivity index (χ0) is 62.6. The monoisotopic (exact) mass is 1230 g/mol. The Morgan fingerprint density at radius 1 is 0.682 bits per heavy atom. The maximum Gasteiger partial charge on any atom is 0.305 e. The number of primary amides is 2. The molecule has 29 nitrogen and oxygen atoms in total. The van der Waals surface area contributed by atoms with Crippen molar-refractivity contribution >= 4 is 101 Å². The minimum absolute atomic E-state index is 0.0107. The Kier molecular flexibility index (Phi) is 29.2. The first kappa shape index (κ1) is 69.3. The van der Waals surface area contributed by atoms with Crippen molar-refractivity contribution in [1.29, 1.82) is 0 Å². The lowest BCUT2D eigenvalue weighted by molar-refractivity contribution is -0.141. The summed E-state index contributed by atoms with van der Waals surface area (Å²) in [6.45, 7) is 3.34. The average molecular weight is 1230 g/mol. The van der Waals surface area contributed by atoms with Crippen LogP contribution in [-0.4, -0.2) is 179 Å². The van der Waals surface area contributed by atoms with Gasteiger partial charge < -0.3 is 84.2 Å². The van der Waals surface area contributed by atoms with Crippen LogP contribution >= 0.6 is 23.5 Å². The van der Waals surface area contributed by atoms with Crippen molar-refractivity contribution < 1.29 is 82.4 Å². The highest BCUT2D eigenvalue weighted by atomic mass is 32.2. The van der Waals surface area contributed by atoms with Crippen LogP contribution in [0.4, 0.5) is 0 Å². The maximum atomic E-state index is 14.2. The molecule has 0 aliphatic carbocycles. The van der Waals surface area contributed by atoms with Gasteiger partial charge in [0.1, 0.15) is 72.7 Å². The van der Waals surface area contributed by atoms with E-state index in [1.165, 1.54) is 43.0 Å². The van der Waals surface area contributed by atoms with Crippen LogP contribution in [0.3, 0.4) is 0 Å². The number of aliphatic hydroxyl groups excluding tert-OH is 1. The van der Waals surface area contributed by atoms with Gasteiger partial charge in [0.25, 0.3) is 5.91 Å². The number of carboxylic acids is 1. The number of phenolic OH excluding ortho intramolecular Hbond substituents is 1. The molecule has 85 heavy (non-hydrogen) atoms. The predicted octanol–water partition coefficient (Wildman–Crippen LogP) is -2.65. The van der Waals surface area contributed by atoms with Crippen molar-refractivity contribution in [2.24, 2.45) is 22.5 Å². The van der Waals surface area contributed by atoms with Crippen LogP contribution in [0, 0.1) is 5.92 Å². The van der Waals surface area contributed by atoms with Crippen LogP contribution in [0.5, 0.6) is 11.5 Å². The quantitative estimate of drug-likeness (QED) is 0.109. The first-order chi connectivity index (χ1) is 40.4. The summed E-state index contributed by atoms with van der Waals surface area (Å²) in [6.07, 6.45) is 1.42. The fourth-order valence-corrected chi connectivity index (χ4v) is 10.3. The van der Waals surface area contributed by atoms with Crippen LogP contribution in [0.1, 0.15) is 88.8 Å². The first-order valence-corrected chi connectivity index (χ1v) is 29.7. The van der Waals surface area contributed by atoms with E-state index >= 15 is 0 Å². The number of ether oxygens (including phenoxy) is 1. The zero-order valence-corrected chi connectivity index (χ0v) is 48.9. The number of amides is 11. The molecule has 16 N–H and O–H groups in total. The summed E-state index contributed by atoms with van der Waals surface area (Å²) in [5.41, 5.74) is 12.9. The molecule has 11 amide bonds. The highest BCUT2D eigenvalue weighted by Gasteiger charge is 2.35. The lowest BCUT2D eigenvalue weighted by Crippen LogP contribution is -2.60. The standard InChI is InChI=1S/C54H76N12O17S2/c1-29(2)16-37-51(78)61-36(12-13-43(55)69)50(77)65-41(47(56)74)27-84-25-32-17-33-19-35(18-32)82-14-6-4-5-7-15-83-58-23-45(71)59-30(3)48(75)66-42(28-85-26-33)54(81)64-40(24-67)53(80)63-39(21-46(72)73)52(79)62-38(49(76)57-22-44(70)60-37)20-31-8-10-34(68)11-9-31/h8-11,17-19,23,29-30,36-42,67-68H,4-7,12-16,20-22,24-28H2,1-3H3,(H2,55,69)(H2,56,74)(H,57,76)(H,59,71)(H,60,70)(H,61,78)(H,62,79)(H,63,80)(H,64,81)(H,65,77)(H,66,75)(H,72,73)/b58-23+/t30-,36-,37-,38-,39-,40?,41-,42-/m0/s1. The van der Waals surface area contributed by atoms with Crippen molar-refractivity contribution in [3.05, 3.63) is 59.2 Å². The third-order valence-electron chi connectivity index (χ3n) is 12.8. The van der Waals surface area contributed by atoms with Gasteiger partial charge in [0.05, 0.1) is 26.2 Å². The topological polar surface area (TPSA) is 457 Å². The predicted molar refractivity (Wildman–Crippen MR) is 310 cm³/mol. The maximum absolute atomic E-state index is 14.2. The molecule has 2 aliphatic heterocycles. The van der Waals surface area contributed by atoms with E-state index in [-0.39, 0.29) is 67.0 Å². The molecule has 0 radical (unpaired) electrons. The summed E-state index contributed by atoms with van der Waals surface area (Å²) in [6, 6.07) is -1.73. The van der Waals surface area contributed by atoms with Gasteiger partial charge >= 0.3 is 5.97 Å². The Bertz CT molecular complexity index is 2720. The number of carbonyl (C=O) groups is 12. The smallest absolute Gasteiger partial charge is 0.305 e. The van der Waals surface area contributed by atoms with Crippen molar-refractivity contribution in [3.63, 3.8) is 0 Å². The van der Waals surface area contributed by atoms with Crippen molar-refractivity contribution in [1.82, 2.24) is 47.9 Å². The number of carboxylic acid groups (broad SMARTS) is 1. The molecule has 0 spiro atoms. The Labute approximate surface area is 498 Å². The largest absolute Gasteiger partial charge is 0.508 e. The van der Waals surface area contributed by atoms with E-state index in [4.69, 9.17) is 21.0 Å². The second-order valence-corrected chi connectivity index (χ2v) is 22.5. The van der Waals surface area contributed by atoms with Crippen LogP contribution in [0.2, 0.25) is 0 Å². The number of rotatable bonds is 11. The minimum Gasteiger partial charge on any atom is -0.508 e. The Balaban J connectivity index is 1.79. The first-order valence-electron chi connectivity index (χ1n) is 27.4. The fraction of sp³-hybridized carbons (Fsp3) is 0.537. The van der Waals surface area contributed by atoms with E-state index in [0.717, 1.165) is 30.8 Å². The second-order valence-electron chi connectivity index (χ2n) is 20.5. The highest BCUT2D eigenvalue weighted by molar-refractivity contribution is 7.98. The molecule has 2 heterocycles. The lowest BCUT2D eigenvalue weighted by Gasteiger charge is -2.26. The number of phenols is 1. The molecule has 1 unspecified atom stereocenters. The van der Waals surface area contributed by atoms with Gasteiger partial charge in [-0.3, -0.25) is 57.5 Å². The minimum atomic E-state index is -1.99. The van der Waals surface area contributed by atoms with Gasteiger partial charge in [-0.15, -0.1) is 0 Å². The van der Waals surface area contributed by atoms with Crippen LogP contribution in [-0.2, 0) is 80.3 Å². The summed E-state index contributed by atoms with van der Waals surface area (Å²) >= 11 is 2.34. The number of thioether (sulfide) groups is 2. The van der Waals surface area contributed by atoms with Crippen molar-refractivity contribution in [2.45, 2.75) is 138 Å². The highest BCUT2D eigenvalue weighted by Crippen LogP contribution is 2.26. The number of oxime groups is 1. The van der Waals surface area contributed by atoms with E-state index in [0.29, 0.717) is 41.9 Å². The number of nitrogens with two attached hydrogens (primary N) is 2. The molecule has 0 aromatic heterocycles. The summed E-state index contributed by atoms with van der Waals surface area (Å²) in [5.74, 6) is -12.2. The molecule has 4 bridgehead atoms. The number of aliphatic carboxylic acids is 1. The SMILES string of the molecule is CC(C)C[C@@H]1NC(=O)CNC(=O)[C@H](Cc2ccc(O)cc2)NC(=O)[C@H](CC(=O)O)NC(=O)C(CO)NC(=O)[C@@H]2CSCc3cc(cc(c3)OCCCCCCO/N=C/C(=O)N[C@@H](C)C(=O)N2)CSC[C@@H](C(N)=O)NC(=O)[C@H](CCC(N)=O)NC1=O. The Hall–Kier alpha value is -8.19. The summed E-state index contributed by atoms with van der Waals surface area (Å²) < 4.78 is 6.17. The van der Waals surface area contributed by atoms with Gasteiger partial charge in [-0.25, -0.2) is 0 Å². The second kappa shape index (κ2) is 35.8. The number of hydrogen-bond acceptors (Lipinski definition) is 19. The zero-order valence-electron chi connectivity index (χ0n) is 47.3. The molecular formula is C54H76N12O17S2. The lowest BCUT2D eigenvalue weighted by atomic mass is 10.0. The fourth-order valence-electron chi connectivity index (χ4n) is 8.32. The molecule has 4 rings (SSSR count). The van der Waals surface area contributed by atoms with Gasteiger partial charge in [-0.1, -0.05) is 37.2 Å². The molecule has 31 heteroatoms. The van der Waals surface area contributed by atoms with E-state index in [1.54, 1.807) is 26.0 Å². The van der Waals surface area contributed by atoms with Gasteiger partial charge in [0.15, 0.2) is 0 Å². The number of aliphatic hydroxyl groups is 1. The van der Waals surface area contributed by atoms with E-state index < -0.39 is 139 Å². The summed E-state index contributed by atoms with van der Waals surface area (Å²) in [4.78, 5) is 166. The number of nitrogens with one attached hydrogen (secondary N) is 9. The van der Waals surface area contributed by atoms with E-state index in [2.05, 4.69) is 53.0 Å². The molecule has 2 aliphatic rings. The van der Waals surface area contributed by atoms with Crippen molar-refractivity contribution in [2.75, 3.05) is 37.9 Å². The van der Waals surface area contributed by atoms with Crippen LogP contribution < -0.4 is 64.1 Å². The number of carbonyl (C=O) groups excluding carboxylic acids is 11.